The Bertz CT molecular complexity index is 1030. The standard InChI is InChI=1S/C21H22N4O2/c1-3-16(4-2)22-23-20(26)19-17-12-8-9-13-18(17)21(27)25(24-19)14-15-10-6-5-7-11-15/h5-13H,3-4,14H2,1-2H3,(H,23,26). The molecule has 0 saturated carbocycles. The number of benzene rings is 2. The normalized spacial score (nSPS) is 10.6. The largest absolute Gasteiger partial charge is 0.292 e. The summed E-state index contributed by atoms with van der Waals surface area (Å²) in [4.78, 5) is 25.5. The van der Waals surface area contributed by atoms with Crippen molar-refractivity contribution < 1.29 is 4.79 Å². The molecule has 1 aromatic heterocycles. The monoisotopic (exact) mass is 362 g/mol. The van der Waals surface area contributed by atoms with Crippen molar-refractivity contribution in [1.82, 2.24) is 15.2 Å². The number of rotatable bonds is 6. The fraction of sp³-hybridized carbons (Fsp3) is 0.238. The van der Waals surface area contributed by atoms with Gasteiger partial charge in [0, 0.05) is 11.1 Å². The minimum absolute atomic E-state index is 0.191. The molecule has 0 unspecified atom stereocenters. The molecule has 0 atom stereocenters. The summed E-state index contributed by atoms with van der Waals surface area (Å²) in [5, 5.41) is 9.50. The van der Waals surface area contributed by atoms with E-state index in [4.69, 9.17) is 0 Å². The van der Waals surface area contributed by atoms with Crippen molar-refractivity contribution in [3.05, 3.63) is 76.2 Å². The lowest BCUT2D eigenvalue weighted by molar-refractivity contribution is 0.0949. The smallest absolute Gasteiger partial charge is 0.267 e. The summed E-state index contributed by atoms with van der Waals surface area (Å²) in [5.74, 6) is -0.424. The Morgan fingerprint density at radius 2 is 1.63 bits per heavy atom. The van der Waals surface area contributed by atoms with Crippen LogP contribution in [-0.4, -0.2) is 21.4 Å². The summed E-state index contributed by atoms with van der Waals surface area (Å²) >= 11 is 0. The first-order valence-corrected chi connectivity index (χ1v) is 9.03. The van der Waals surface area contributed by atoms with Crippen LogP contribution in [0.15, 0.2) is 64.5 Å². The van der Waals surface area contributed by atoms with Crippen LogP contribution in [0, 0.1) is 0 Å². The van der Waals surface area contributed by atoms with E-state index in [0.717, 1.165) is 24.1 Å². The molecule has 0 spiro atoms. The first-order chi connectivity index (χ1) is 13.1. The fourth-order valence-electron chi connectivity index (χ4n) is 2.86. The predicted octanol–water partition coefficient (Wildman–Crippen LogP) is 3.35. The minimum Gasteiger partial charge on any atom is -0.267 e. The number of hydrazone groups is 1. The van der Waals surface area contributed by atoms with Gasteiger partial charge in [0.1, 0.15) is 0 Å². The molecular formula is C21H22N4O2. The number of nitrogens with one attached hydrogen (secondary N) is 1. The highest BCUT2D eigenvalue weighted by molar-refractivity contribution is 6.05. The van der Waals surface area contributed by atoms with Gasteiger partial charge in [0.05, 0.1) is 11.9 Å². The Balaban J connectivity index is 2.06. The van der Waals surface area contributed by atoms with Crippen LogP contribution in [-0.2, 0) is 6.54 Å². The lowest BCUT2D eigenvalue weighted by Gasteiger charge is -2.10. The minimum atomic E-state index is -0.424. The second-order valence-corrected chi connectivity index (χ2v) is 6.17. The van der Waals surface area contributed by atoms with Gasteiger partial charge in [-0.25, -0.2) is 10.1 Å². The molecule has 0 aliphatic carbocycles. The first-order valence-electron chi connectivity index (χ1n) is 9.03. The molecule has 138 valence electrons. The van der Waals surface area contributed by atoms with Crippen molar-refractivity contribution in [1.29, 1.82) is 0 Å². The molecule has 0 saturated heterocycles. The molecular weight excluding hydrogens is 340 g/mol. The number of hydrogen-bond donors (Lipinski definition) is 1. The van der Waals surface area contributed by atoms with Gasteiger partial charge >= 0.3 is 0 Å². The lowest BCUT2D eigenvalue weighted by Crippen LogP contribution is -2.29. The van der Waals surface area contributed by atoms with Gasteiger partial charge in [0.25, 0.3) is 11.5 Å². The molecule has 0 radical (unpaired) electrons. The van der Waals surface area contributed by atoms with Crippen LogP contribution in [0.2, 0.25) is 0 Å². The summed E-state index contributed by atoms with van der Waals surface area (Å²) in [6.07, 6.45) is 1.52. The van der Waals surface area contributed by atoms with E-state index in [9.17, 15) is 9.59 Å². The van der Waals surface area contributed by atoms with Gasteiger partial charge in [-0.15, -0.1) is 0 Å². The third-order valence-corrected chi connectivity index (χ3v) is 4.39. The van der Waals surface area contributed by atoms with Crippen molar-refractivity contribution in [2.24, 2.45) is 5.10 Å². The van der Waals surface area contributed by atoms with Crippen LogP contribution in [0.25, 0.3) is 10.8 Å². The van der Waals surface area contributed by atoms with E-state index in [1.807, 2.05) is 44.2 Å². The molecule has 0 bridgehead atoms. The third-order valence-electron chi connectivity index (χ3n) is 4.39. The summed E-state index contributed by atoms with van der Waals surface area (Å²) in [5.41, 5.74) is 4.37. The van der Waals surface area contributed by atoms with Gasteiger partial charge in [0.15, 0.2) is 5.69 Å². The number of hydrogen-bond acceptors (Lipinski definition) is 4. The lowest BCUT2D eigenvalue weighted by atomic mass is 10.1. The maximum Gasteiger partial charge on any atom is 0.292 e. The summed E-state index contributed by atoms with van der Waals surface area (Å²) < 4.78 is 1.33. The predicted molar refractivity (Wildman–Crippen MR) is 107 cm³/mol. The molecule has 6 nitrogen and oxygen atoms in total. The number of carbonyl (C=O) groups excluding carboxylic acids is 1. The molecule has 0 aliphatic rings. The van der Waals surface area contributed by atoms with Gasteiger partial charge in [-0.2, -0.15) is 10.2 Å². The number of nitrogens with zero attached hydrogens (tertiary/aromatic N) is 3. The summed E-state index contributed by atoms with van der Waals surface area (Å²) in [7, 11) is 0. The van der Waals surface area contributed by atoms with Crippen molar-refractivity contribution in [3.8, 4) is 0 Å². The highest BCUT2D eigenvalue weighted by Crippen LogP contribution is 2.14. The molecule has 6 heteroatoms. The van der Waals surface area contributed by atoms with Gasteiger partial charge < -0.3 is 0 Å². The second kappa shape index (κ2) is 8.40. The SMILES string of the molecule is CCC(CC)=NNC(=O)c1nn(Cc2ccccc2)c(=O)c2ccccc12. The van der Waals surface area contributed by atoms with Gasteiger partial charge in [0.2, 0.25) is 0 Å². The second-order valence-electron chi connectivity index (χ2n) is 6.17. The first kappa shape index (κ1) is 18.5. The third kappa shape index (κ3) is 4.11. The van der Waals surface area contributed by atoms with Crippen molar-refractivity contribution in [2.75, 3.05) is 0 Å². The van der Waals surface area contributed by atoms with Crippen LogP contribution in [0.4, 0.5) is 0 Å². The molecule has 3 aromatic rings. The van der Waals surface area contributed by atoms with E-state index < -0.39 is 5.91 Å². The van der Waals surface area contributed by atoms with Crippen molar-refractivity contribution in [2.45, 2.75) is 33.2 Å². The zero-order valence-corrected chi connectivity index (χ0v) is 15.5. The Kier molecular flexibility index (Phi) is 5.76. The zero-order valence-electron chi connectivity index (χ0n) is 15.5. The van der Waals surface area contributed by atoms with Crippen LogP contribution >= 0.6 is 0 Å². The molecule has 1 heterocycles. The van der Waals surface area contributed by atoms with E-state index in [1.54, 1.807) is 24.3 Å². The fourth-order valence-corrected chi connectivity index (χ4v) is 2.86. The number of aromatic nitrogens is 2. The van der Waals surface area contributed by atoms with Crippen LogP contribution in [0.3, 0.4) is 0 Å². The van der Waals surface area contributed by atoms with Gasteiger partial charge in [-0.3, -0.25) is 9.59 Å². The zero-order chi connectivity index (χ0) is 19.2. The Morgan fingerprint density at radius 3 is 2.30 bits per heavy atom. The number of amides is 1. The molecule has 1 N–H and O–H groups in total. The Morgan fingerprint density at radius 1 is 1.00 bits per heavy atom. The average molecular weight is 362 g/mol. The Hall–Kier alpha value is -3.28. The average Bonchev–Trinajstić information content (AvgIpc) is 2.71. The van der Waals surface area contributed by atoms with Gasteiger partial charge in [-0.05, 0) is 24.5 Å². The highest BCUT2D eigenvalue weighted by atomic mass is 16.2. The Labute approximate surface area is 157 Å². The quantitative estimate of drug-likeness (QED) is 0.540. The molecule has 1 amide bonds. The molecule has 27 heavy (non-hydrogen) atoms. The van der Waals surface area contributed by atoms with Crippen LogP contribution < -0.4 is 11.0 Å². The summed E-state index contributed by atoms with van der Waals surface area (Å²) in [6.45, 7) is 4.27. The topological polar surface area (TPSA) is 76.3 Å². The van der Waals surface area contributed by atoms with Crippen molar-refractivity contribution in [3.63, 3.8) is 0 Å². The van der Waals surface area contributed by atoms with E-state index in [2.05, 4.69) is 15.6 Å². The van der Waals surface area contributed by atoms with E-state index in [-0.39, 0.29) is 11.3 Å². The molecule has 0 fully saturated rings. The van der Waals surface area contributed by atoms with Crippen molar-refractivity contribution >= 4 is 22.4 Å². The van der Waals surface area contributed by atoms with Crippen LogP contribution in [0.5, 0.6) is 0 Å². The highest BCUT2D eigenvalue weighted by Gasteiger charge is 2.16. The van der Waals surface area contributed by atoms with E-state index in [1.165, 1.54) is 4.68 Å². The number of carbonyl (C=O) groups is 1. The maximum absolute atomic E-state index is 12.8. The van der Waals surface area contributed by atoms with E-state index in [0.29, 0.717) is 17.3 Å². The number of fused-ring (bicyclic) bond motifs is 1. The molecule has 0 aliphatic heterocycles. The molecule has 3 rings (SSSR count). The van der Waals surface area contributed by atoms with E-state index >= 15 is 0 Å². The maximum atomic E-state index is 12.8. The van der Waals surface area contributed by atoms with Crippen LogP contribution in [0.1, 0.15) is 42.7 Å². The molecule has 2 aromatic carbocycles. The summed E-state index contributed by atoms with van der Waals surface area (Å²) in [6, 6.07) is 16.6. The van der Waals surface area contributed by atoms with Gasteiger partial charge in [-0.1, -0.05) is 62.4 Å².